The fraction of sp³-hybridized carbons (Fsp3) is 0.667. The third kappa shape index (κ3) is 6.17. The van der Waals surface area contributed by atoms with Crippen LogP contribution in [0.5, 0.6) is 0 Å². The summed E-state index contributed by atoms with van der Waals surface area (Å²) in [6.07, 6.45) is 35.2. The molecule has 12 rings (SSSR count). The van der Waals surface area contributed by atoms with Crippen LogP contribution in [-0.2, 0) is 0 Å². The van der Waals surface area contributed by atoms with Gasteiger partial charge >= 0.3 is 0 Å². The lowest BCUT2D eigenvalue weighted by atomic mass is 9.73. The van der Waals surface area contributed by atoms with Gasteiger partial charge in [0.1, 0.15) is 0 Å². The fourth-order valence-corrected chi connectivity index (χ4v) is 16.6. The van der Waals surface area contributed by atoms with Crippen molar-refractivity contribution in [3.8, 4) is 5.69 Å². The van der Waals surface area contributed by atoms with E-state index < -0.39 is 0 Å². The Balaban J connectivity index is 0.825. The molecule has 8 aliphatic rings. The Morgan fingerprint density at radius 1 is 0.362 bits per heavy atom. The minimum atomic E-state index is 0.668. The number of aromatic nitrogens is 1. The summed E-state index contributed by atoms with van der Waals surface area (Å²) in [5, 5.41) is 2.71. The average Bonchev–Trinajstić information content (AvgIpc) is 3.93. The van der Waals surface area contributed by atoms with Crippen molar-refractivity contribution in [1.29, 1.82) is 0 Å². The number of para-hydroxylation sites is 2. The van der Waals surface area contributed by atoms with E-state index in [9.17, 15) is 0 Å². The molecule has 8 unspecified atom stereocenters. The summed E-state index contributed by atoms with van der Waals surface area (Å²) in [4.78, 5) is 9.51. The molecule has 1 aromatic heterocycles. The SMILES string of the molecule is c1ccc2c(c1)c1ccccc1n2-c1ccc(N(C2CCC(N3C4CCCCC4C4CCCCC43)CC2)C2CCC(N3C4CCCCC4C4CCCCC43)CC2)cc1. The number of benzene rings is 3. The number of fused-ring (bicyclic) bond motifs is 9. The van der Waals surface area contributed by atoms with Crippen LogP contribution in [0.15, 0.2) is 72.8 Å². The summed E-state index contributed by atoms with van der Waals surface area (Å²) < 4.78 is 2.51. The van der Waals surface area contributed by atoms with E-state index in [1.54, 1.807) is 0 Å². The van der Waals surface area contributed by atoms with Crippen LogP contribution in [0, 0.1) is 23.7 Å². The Labute approximate surface area is 350 Å². The number of anilines is 1. The molecule has 2 aliphatic heterocycles. The summed E-state index contributed by atoms with van der Waals surface area (Å²) in [5.41, 5.74) is 5.42. The van der Waals surface area contributed by atoms with Gasteiger partial charge in [-0.15, -0.1) is 0 Å². The van der Waals surface area contributed by atoms with Crippen LogP contribution < -0.4 is 4.90 Å². The van der Waals surface area contributed by atoms with Crippen molar-refractivity contribution in [2.45, 2.75) is 202 Å². The summed E-state index contributed by atoms with van der Waals surface area (Å²) in [5.74, 6) is 4.06. The first-order chi connectivity index (χ1) is 28.8. The maximum atomic E-state index is 3.23. The summed E-state index contributed by atoms with van der Waals surface area (Å²) in [7, 11) is 0. The molecule has 8 atom stereocenters. The van der Waals surface area contributed by atoms with Gasteiger partial charge in [-0.05, 0) is 163 Å². The zero-order valence-corrected chi connectivity index (χ0v) is 35.6. The second kappa shape index (κ2) is 15.6. The van der Waals surface area contributed by atoms with Crippen molar-refractivity contribution in [2.24, 2.45) is 23.7 Å². The number of rotatable bonds is 6. The number of likely N-dealkylation sites (tertiary alicyclic amines) is 2. The molecule has 0 N–H and O–H groups in total. The molecule has 4 heteroatoms. The molecule has 0 amide bonds. The van der Waals surface area contributed by atoms with Crippen LogP contribution in [0.1, 0.15) is 154 Å². The number of hydrogen-bond acceptors (Lipinski definition) is 3. The van der Waals surface area contributed by atoms with Crippen molar-refractivity contribution < 1.29 is 0 Å². The molecule has 308 valence electrons. The van der Waals surface area contributed by atoms with E-state index in [0.717, 1.165) is 59.9 Å². The highest BCUT2D eigenvalue weighted by molar-refractivity contribution is 6.09. The van der Waals surface area contributed by atoms with Crippen LogP contribution in [0.2, 0.25) is 0 Å². The van der Waals surface area contributed by atoms with Gasteiger partial charge in [0.25, 0.3) is 0 Å². The zero-order chi connectivity index (χ0) is 38.2. The van der Waals surface area contributed by atoms with E-state index in [1.165, 1.54) is 187 Å². The molecule has 0 radical (unpaired) electrons. The fourth-order valence-electron chi connectivity index (χ4n) is 16.6. The van der Waals surface area contributed by atoms with Gasteiger partial charge in [0.15, 0.2) is 0 Å². The van der Waals surface area contributed by atoms with E-state index in [-0.39, 0.29) is 0 Å². The highest BCUT2D eigenvalue weighted by Crippen LogP contribution is 2.53. The second-order valence-corrected chi connectivity index (χ2v) is 21.2. The average molecular weight is 777 g/mol. The third-order valence-corrected chi connectivity index (χ3v) is 18.7. The first-order valence-electron chi connectivity index (χ1n) is 25.2. The predicted molar refractivity (Wildman–Crippen MR) is 242 cm³/mol. The van der Waals surface area contributed by atoms with Gasteiger partial charge in [0, 0.05) is 70.5 Å². The van der Waals surface area contributed by atoms with Crippen molar-refractivity contribution in [2.75, 3.05) is 4.90 Å². The van der Waals surface area contributed by atoms with Crippen LogP contribution in [0.4, 0.5) is 5.69 Å². The minimum Gasteiger partial charge on any atom is -0.366 e. The van der Waals surface area contributed by atoms with E-state index in [1.807, 2.05) is 0 Å². The van der Waals surface area contributed by atoms with Crippen LogP contribution in [0.3, 0.4) is 0 Å². The molecule has 4 aromatic rings. The van der Waals surface area contributed by atoms with E-state index >= 15 is 0 Å². The molecule has 58 heavy (non-hydrogen) atoms. The maximum absolute atomic E-state index is 3.23. The van der Waals surface area contributed by atoms with Gasteiger partial charge in [-0.3, -0.25) is 9.80 Å². The normalized spacial score (nSPS) is 38.3. The highest BCUT2D eigenvalue weighted by Gasteiger charge is 2.54. The quantitative estimate of drug-likeness (QED) is 0.194. The molecule has 3 heterocycles. The monoisotopic (exact) mass is 777 g/mol. The van der Waals surface area contributed by atoms with Crippen LogP contribution >= 0.6 is 0 Å². The van der Waals surface area contributed by atoms with Gasteiger partial charge in [0.2, 0.25) is 0 Å². The van der Waals surface area contributed by atoms with Crippen molar-refractivity contribution in [3.63, 3.8) is 0 Å². The lowest BCUT2D eigenvalue weighted by molar-refractivity contribution is 0.0549. The minimum absolute atomic E-state index is 0.668. The highest BCUT2D eigenvalue weighted by atomic mass is 15.3. The molecule has 6 saturated carbocycles. The third-order valence-electron chi connectivity index (χ3n) is 18.7. The lowest BCUT2D eigenvalue weighted by Crippen LogP contribution is -2.54. The molecule has 2 saturated heterocycles. The Morgan fingerprint density at radius 2 is 0.724 bits per heavy atom. The Bertz CT molecular complexity index is 1870. The van der Waals surface area contributed by atoms with Gasteiger partial charge < -0.3 is 9.47 Å². The van der Waals surface area contributed by atoms with Crippen LogP contribution in [-0.4, -0.2) is 62.7 Å². The van der Waals surface area contributed by atoms with Gasteiger partial charge in [0.05, 0.1) is 11.0 Å². The molecule has 8 fully saturated rings. The van der Waals surface area contributed by atoms with Gasteiger partial charge in [-0.25, -0.2) is 0 Å². The molecular formula is C54H72N4. The molecule has 0 spiro atoms. The van der Waals surface area contributed by atoms with E-state index in [2.05, 4.69) is 92.1 Å². The largest absolute Gasteiger partial charge is 0.366 e. The Kier molecular flexibility index (Phi) is 9.93. The summed E-state index contributed by atoms with van der Waals surface area (Å²) in [6.45, 7) is 0. The number of nitrogens with zero attached hydrogens (tertiary/aromatic N) is 4. The summed E-state index contributed by atoms with van der Waals surface area (Å²) >= 11 is 0. The van der Waals surface area contributed by atoms with Crippen molar-refractivity contribution >= 4 is 27.5 Å². The first kappa shape index (κ1) is 37.0. The summed E-state index contributed by atoms with van der Waals surface area (Å²) in [6, 6.07) is 34.6. The molecule has 4 nitrogen and oxygen atoms in total. The molecule has 3 aromatic carbocycles. The Morgan fingerprint density at radius 3 is 1.12 bits per heavy atom. The Hall–Kier alpha value is -2.82. The lowest BCUT2D eigenvalue weighted by Gasteiger charge is -2.50. The smallest absolute Gasteiger partial charge is 0.0541 e. The van der Waals surface area contributed by atoms with Crippen molar-refractivity contribution in [1.82, 2.24) is 14.4 Å². The topological polar surface area (TPSA) is 14.7 Å². The predicted octanol–water partition coefficient (Wildman–Crippen LogP) is 13.1. The van der Waals surface area contributed by atoms with Crippen molar-refractivity contribution in [3.05, 3.63) is 72.8 Å². The zero-order valence-electron chi connectivity index (χ0n) is 35.6. The molecular weight excluding hydrogens is 705 g/mol. The first-order valence-corrected chi connectivity index (χ1v) is 25.2. The maximum Gasteiger partial charge on any atom is 0.0541 e. The van der Waals surface area contributed by atoms with Gasteiger partial charge in [-0.2, -0.15) is 0 Å². The standard InChI is InChI=1S/C54H72N4/c1-7-19-49-43(13-1)44-14-2-8-20-50(44)56(49)40-31-25-37(26-32-40)55(38-27-33-41(34-28-38)57-51-21-9-3-15-45(51)46-16-4-10-22-52(46)57)39-29-35-42(36-30-39)58-53-23-11-5-17-47(53)48-18-6-12-24-54(48)58/h1-2,7-8,13-14,19-20,25-26,31-32,38-39,41-42,45-48,51-54H,3-6,9-12,15-18,21-24,27-30,33-36H2. The molecule has 6 aliphatic carbocycles. The van der Waals surface area contributed by atoms with E-state index in [4.69, 9.17) is 0 Å². The second-order valence-electron chi connectivity index (χ2n) is 21.2. The molecule has 0 bridgehead atoms. The van der Waals surface area contributed by atoms with Crippen LogP contribution in [0.25, 0.3) is 27.5 Å². The van der Waals surface area contributed by atoms with E-state index in [0.29, 0.717) is 12.1 Å². The number of hydrogen-bond donors (Lipinski definition) is 0. The van der Waals surface area contributed by atoms with Gasteiger partial charge in [-0.1, -0.05) is 87.8 Å².